The molecule has 120 valence electrons. The molecular weight excluding hydrogens is 280 g/mol. The molecule has 1 fully saturated rings. The van der Waals surface area contributed by atoms with Crippen molar-refractivity contribution in [2.75, 3.05) is 11.9 Å². The van der Waals surface area contributed by atoms with Crippen LogP contribution in [0.25, 0.3) is 0 Å². The molecule has 0 aliphatic heterocycles. The minimum atomic E-state index is -0.687. The van der Waals surface area contributed by atoms with Crippen LogP contribution in [0.1, 0.15) is 48.5 Å². The van der Waals surface area contributed by atoms with Crippen molar-refractivity contribution in [3.05, 3.63) is 29.3 Å². The van der Waals surface area contributed by atoms with Crippen LogP contribution in [0.15, 0.2) is 18.2 Å². The molecular formula is C17H24N2O3. The van der Waals surface area contributed by atoms with Crippen molar-refractivity contribution in [3.8, 4) is 0 Å². The third kappa shape index (κ3) is 4.00. The van der Waals surface area contributed by atoms with Crippen LogP contribution in [0.3, 0.4) is 0 Å². The number of hydrogen-bond acceptors (Lipinski definition) is 3. The van der Waals surface area contributed by atoms with Gasteiger partial charge in [-0.1, -0.05) is 6.07 Å². The first-order valence-corrected chi connectivity index (χ1v) is 7.89. The molecule has 1 aliphatic rings. The van der Waals surface area contributed by atoms with Crippen LogP contribution >= 0.6 is 0 Å². The summed E-state index contributed by atoms with van der Waals surface area (Å²) in [7, 11) is 0. The average Bonchev–Trinajstić information content (AvgIpc) is 2.50. The molecule has 1 aliphatic carbocycles. The summed E-state index contributed by atoms with van der Waals surface area (Å²) < 4.78 is 0. The van der Waals surface area contributed by atoms with Gasteiger partial charge in [0.1, 0.15) is 0 Å². The van der Waals surface area contributed by atoms with Crippen LogP contribution in [0.5, 0.6) is 0 Å². The first-order chi connectivity index (χ1) is 10.5. The molecule has 5 nitrogen and oxygen atoms in total. The quantitative estimate of drug-likeness (QED) is 0.781. The summed E-state index contributed by atoms with van der Waals surface area (Å²) in [6.07, 6.45) is 3.12. The highest BCUT2D eigenvalue weighted by Gasteiger charge is 2.26. The number of carbonyl (C=O) groups is 2. The smallest absolute Gasteiger partial charge is 0.306 e. The highest BCUT2D eigenvalue weighted by atomic mass is 16.4. The summed E-state index contributed by atoms with van der Waals surface area (Å²) >= 11 is 0. The number of benzene rings is 1. The van der Waals surface area contributed by atoms with Gasteiger partial charge in [0.2, 0.25) is 0 Å². The van der Waals surface area contributed by atoms with Crippen LogP contribution in [-0.2, 0) is 4.79 Å². The van der Waals surface area contributed by atoms with Crippen LogP contribution < -0.4 is 10.6 Å². The third-order valence-electron chi connectivity index (χ3n) is 4.27. The van der Waals surface area contributed by atoms with Crippen molar-refractivity contribution in [1.82, 2.24) is 5.32 Å². The number of aryl methyl sites for hydroxylation is 1. The Morgan fingerprint density at radius 3 is 2.50 bits per heavy atom. The molecule has 1 amide bonds. The maximum atomic E-state index is 11.9. The van der Waals surface area contributed by atoms with Crippen LogP contribution in [0.4, 0.5) is 5.69 Å². The number of nitrogens with one attached hydrogen (secondary N) is 2. The molecule has 0 bridgehead atoms. The number of carboxylic acid groups (broad SMARTS) is 1. The van der Waals surface area contributed by atoms with Crippen molar-refractivity contribution in [2.45, 2.75) is 45.6 Å². The molecule has 1 saturated carbocycles. The van der Waals surface area contributed by atoms with E-state index in [1.807, 2.05) is 32.0 Å². The van der Waals surface area contributed by atoms with E-state index in [1.165, 1.54) is 0 Å². The maximum absolute atomic E-state index is 11.9. The predicted octanol–water partition coefficient (Wildman–Crippen LogP) is 2.80. The topological polar surface area (TPSA) is 78.4 Å². The zero-order valence-electron chi connectivity index (χ0n) is 13.2. The first-order valence-electron chi connectivity index (χ1n) is 7.89. The summed E-state index contributed by atoms with van der Waals surface area (Å²) in [5.41, 5.74) is 2.70. The summed E-state index contributed by atoms with van der Waals surface area (Å²) in [5, 5.41) is 15.3. The van der Waals surface area contributed by atoms with Crippen molar-refractivity contribution >= 4 is 17.6 Å². The Labute approximate surface area is 131 Å². The predicted molar refractivity (Wildman–Crippen MR) is 86.2 cm³/mol. The molecule has 5 heteroatoms. The number of aliphatic carboxylic acids is 1. The van der Waals surface area contributed by atoms with Crippen molar-refractivity contribution in [3.63, 3.8) is 0 Å². The molecule has 22 heavy (non-hydrogen) atoms. The van der Waals surface area contributed by atoms with E-state index < -0.39 is 5.97 Å². The Hall–Kier alpha value is -2.04. The molecule has 0 unspecified atom stereocenters. The van der Waals surface area contributed by atoms with Gasteiger partial charge < -0.3 is 15.7 Å². The second kappa shape index (κ2) is 7.29. The number of carbonyl (C=O) groups excluding carboxylic acids is 1. The molecule has 3 N–H and O–H groups in total. The molecule has 2 rings (SSSR count). The van der Waals surface area contributed by atoms with Gasteiger partial charge in [-0.3, -0.25) is 9.59 Å². The molecule has 0 saturated heterocycles. The first kappa shape index (κ1) is 16.3. The maximum Gasteiger partial charge on any atom is 0.306 e. The number of hydrogen-bond donors (Lipinski definition) is 3. The minimum absolute atomic E-state index is 0.0693. The monoisotopic (exact) mass is 304 g/mol. The lowest BCUT2D eigenvalue weighted by Crippen LogP contribution is -2.29. The van der Waals surface area contributed by atoms with E-state index in [1.54, 1.807) is 0 Å². The van der Waals surface area contributed by atoms with Gasteiger partial charge in [0.15, 0.2) is 0 Å². The Bertz CT molecular complexity index is 549. The molecule has 0 heterocycles. The summed E-state index contributed by atoms with van der Waals surface area (Å²) in [6, 6.07) is 5.92. The van der Waals surface area contributed by atoms with Crippen LogP contribution in [-0.4, -0.2) is 29.6 Å². The van der Waals surface area contributed by atoms with Crippen molar-refractivity contribution in [2.24, 2.45) is 5.92 Å². The third-order valence-corrected chi connectivity index (χ3v) is 4.27. The van der Waals surface area contributed by atoms with Gasteiger partial charge in [-0.2, -0.15) is 0 Å². The zero-order valence-corrected chi connectivity index (χ0v) is 13.2. The second-order valence-corrected chi connectivity index (χ2v) is 5.92. The summed E-state index contributed by atoms with van der Waals surface area (Å²) in [6.45, 7) is 4.51. The number of rotatable bonds is 5. The lowest BCUT2D eigenvalue weighted by molar-refractivity contribution is -0.142. The van der Waals surface area contributed by atoms with Crippen molar-refractivity contribution in [1.29, 1.82) is 0 Å². The van der Waals surface area contributed by atoms with E-state index in [-0.39, 0.29) is 17.9 Å². The van der Waals surface area contributed by atoms with Gasteiger partial charge in [0.05, 0.1) is 5.92 Å². The number of carboxylic acids is 1. The Morgan fingerprint density at radius 1 is 1.23 bits per heavy atom. The Morgan fingerprint density at radius 2 is 1.91 bits per heavy atom. The summed E-state index contributed by atoms with van der Waals surface area (Å²) in [4.78, 5) is 22.9. The van der Waals surface area contributed by atoms with Gasteiger partial charge in [0, 0.05) is 23.8 Å². The molecule has 0 spiro atoms. The van der Waals surface area contributed by atoms with Gasteiger partial charge >= 0.3 is 5.97 Å². The molecule has 1 aromatic rings. The van der Waals surface area contributed by atoms with Gasteiger partial charge in [-0.05, 0) is 57.2 Å². The van der Waals surface area contributed by atoms with E-state index in [0.29, 0.717) is 24.9 Å². The fraction of sp³-hybridized carbons (Fsp3) is 0.529. The van der Waals surface area contributed by atoms with E-state index in [4.69, 9.17) is 5.11 Å². The van der Waals surface area contributed by atoms with Gasteiger partial charge in [-0.15, -0.1) is 0 Å². The zero-order chi connectivity index (χ0) is 16.1. The lowest BCUT2D eigenvalue weighted by atomic mass is 9.86. The highest BCUT2D eigenvalue weighted by molar-refractivity contribution is 5.95. The fourth-order valence-electron chi connectivity index (χ4n) is 2.89. The number of amides is 1. The lowest BCUT2D eigenvalue weighted by Gasteiger charge is -2.28. The van der Waals surface area contributed by atoms with E-state index in [9.17, 15) is 9.59 Å². The minimum Gasteiger partial charge on any atom is -0.481 e. The Kier molecular flexibility index (Phi) is 5.41. The normalized spacial score (nSPS) is 21.2. The highest BCUT2D eigenvalue weighted by Crippen LogP contribution is 2.28. The molecule has 0 radical (unpaired) electrons. The van der Waals surface area contributed by atoms with Gasteiger partial charge in [0.25, 0.3) is 5.91 Å². The van der Waals surface area contributed by atoms with E-state index in [2.05, 4.69) is 10.6 Å². The van der Waals surface area contributed by atoms with Crippen LogP contribution in [0, 0.1) is 12.8 Å². The largest absolute Gasteiger partial charge is 0.481 e. The van der Waals surface area contributed by atoms with Crippen LogP contribution in [0.2, 0.25) is 0 Å². The second-order valence-electron chi connectivity index (χ2n) is 5.92. The molecule has 0 atom stereocenters. The van der Waals surface area contributed by atoms with E-state index >= 15 is 0 Å². The SMILES string of the molecule is CCNC(=O)c1ccc(C)c(NC2CCC(C(=O)O)CC2)c1. The standard InChI is InChI=1S/C17H24N2O3/c1-3-18-16(20)13-5-4-11(2)15(10-13)19-14-8-6-12(7-9-14)17(21)22/h4-5,10,12,14,19H,3,6-9H2,1-2H3,(H,18,20)(H,21,22). The number of anilines is 1. The molecule has 1 aromatic carbocycles. The molecule has 0 aromatic heterocycles. The average molecular weight is 304 g/mol. The fourth-order valence-corrected chi connectivity index (χ4v) is 2.89. The van der Waals surface area contributed by atoms with E-state index in [0.717, 1.165) is 24.1 Å². The van der Waals surface area contributed by atoms with Crippen molar-refractivity contribution < 1.29 is 14.7 Å². The Balaban J connectivity index is 2.02. The van der Waals surface area contributed by atoms with Gasteiger partial charge in [-0.25, -0.2) is 0 Å². The summed E-state index contributed by atoms with van der Waals surface area (Å²) in [5.74, 6) is -0.964.